The monoisotopic (exact) mass is 556 g/mol. The fraction of sp³-hybridized carbons (Fsp3) is 0.147. The third-order valence-corrected chi connectivity index (χ3v) is 7.65. The van der Waals surface area contributed by atoms with Gasteiger partial charge in [-0.15, -0.1) is 0 Å². The van der Waals surface area contributed by atoms with E-state index in [4.69, 9.17) is 14.5 Å². The topological polar surface area (TPSA) is 92.8 Å². The van der Waals surface area contributed by atoms with Crippen molar-refractivity contribution in [2.45, 2.75) is 19.5 Å². The minimum absolute atomic E-state index is 0.152. The first-order valence-electron chi connectivity index (χ1n) is 13.9. The lowest BCUT2D eigenvalue weighted by Gasteiger charge is -2.30. The van der Waals surface area contributed by atoms with E-state index in [1.165, 1.54) is 5.56 Å². The van der Waals surface area contributed by atoms with E-state index in [2.05, 4.69) is 27.7 Å². The van der Waals surface area contributed by atoms with Crippen LogP contribution in [0, 0.1) is 0 Å². The smallest absolute Gasteiger partial charge is 0.257 e. The summed E-state index contributed by atoms with van der Waals surface area (Å²) in [6.07, 6.45) is 0.752. The van der Waals surface area contributed by atoms with E-state index in [1.54, 1.807) is 42.5 Å². The predicted molar refractivity (Wildman–Crippen MR) is 161 cm³/mol. The Hall–Kier alpha value is -5.21. The Morgan fingerprint density at radius 2 is 1.60 bits per heavy atom. The normalized spacial score (nSPS) is 13.9. The van der Waals surface area contributed by atoms with Crippen LogP contribution >= 0.6 is 0 Å². The third-order valence-electron chi connectivity index (χ3n) is 7.65. The first-order chi connectivity index (χ1) is 20.6. The lowest BCUT2D eigenvalue weighted by atomic mass is 9.94. The van der Waals surface area contributed by atoms with Crippen LogP contribution in [0.5, 0.6) is 11.5 Å². The largest absolute Gasteiger partial charge is 0.454 e. The molecule has 0 radical (unpaired) electrons. The Balaban J connectivity index is 1.19. The lowest BCUT2D eigenvalue weighted by Crippen LogP contribution is -2.33. The highest BCUT2D eigenvalue weighted by atomic mass is 16.7. The number of aromatic nitrogens is 1. The van der Waals surface area contributed by atoms with Gasteiger partial charge >= 0.3 is 0 Å². The highest BCUT2D eigenvalue weighted by Crippen LogP contribution is 2.35. The number of hydrogen-bond donors (Lipinski definition) is 2. The van der Waals surface area contributed by atoms with Crippen molar-refractivity contribution in [1.29, 1.82) is 0 Å². The molecule has 8 heteroatoms. The number of pyridine rings is 1. The van der Waals surface area contributed by atoms with Crippen LogP contribution in [0.15, 0.2) is 97.1 Å². The highest BCUT2D eigenvalue weighted by molar-refractivity contribution is 6.16. The van der Waals surface area contributed by atoms with Crippen molar-refractivity contribution >= 4 is 34.1 Å². The zero-order valence-corrected chi connectivity index (χ0v) is 22.8. The molecule has 0 aliphatic carbocycles. The van der Waals surface area contributed by atoms with Crippen LogP contribution in [-0.2, 0) is 19.5 Å². The quantitative estimate of drug-likeness (QED) is 0.266. The summed E-state index contributed by atoms with van der Waals surface area (Å²) in [4.78, 5) is 34.7. The second-order valence-corrected chi connectivity index (χ2v) is 10.4. The third kappa shape index (κ3) is 5.04. The number of carbonyl (C=O) groups excluding carboxylic acids is 2. The number of rotatable bonds is 6. The molecular weight excluding hydrogens is 528 g/mol. The number of ether oxygens (including phenoxy) is 2. The second kappa shape index (κ2) is 11.0. The summed E-state index contributed by atoms with van der Waals surface area (Å²) in [6, 6.07) is 30.3. The zero-order valence-electron chi connectivity index (χ0n) is 22.8. The number of benzene rings is 4. The summed E-state index contributed by atoms with van der Waals surface area (Å²) >= 11 is 0. The molecule has 0 atom stereocenters. The minimum Gasteiger partial charge on any atom is -0.454 e. The summed E-state index contributed by atoms with van der Waals surface area (Å²) in [5.41, 5.74) is 5.81. The molecule has 5 aromatic rings. The van der Waals surface area contributed by atoms with Gasteiger partial charge in [-0.2, -0.15) is 0 Å². The first kappa shape index (κ1) is 25.7. The summed E-state index contributed by atoms with van der Waals surface area (Å²) < 4.78 is 10.8. The van der Waals surface area contributed by atoms with Gasteiger partial charge in [-0.05, 0) is 35.9 Å². The Bertz CT molecular complexity index is 1820. The van der Waals surface area contributed by atoms with Gasteiger partial charge in [0.2, 0.25) is 6.79 Å². The number of para-hydroxylation sites is 2. The fourth-order valence-corrected chi connectivity index (χ4v) is 5.63. The molecule has 3 heterocycles. The van der Waals surface area contributed by atoms with E-state index < -0.39 is 0 Å². The average Bonchev–Trinajstić information content (AvgIpc) is 3.49. The van der Waals surface area contributed by atoms with Gasteiger partial charge in [-0.1, -0.05) is 60.7 Å². The van der Waals surface area contributed by atoms with E-state index in [9.17, 15) is 9.59 Å². The summed E-state index contributed by atoms with van der Waals surface area (Å²) in [6.45, 7) is 2.41. The molecular formula is C34H28N4O4. The number of carbonyl (C=O) groups is 2. The molecule has 0 unspecified atom stereocenters. The van der Waals surface area contributed by atoms with Gasteiger partial charge in [0.05, 0.1) is 22.3 Å². The minimum atomic E-state index is -0.347. The van der Waals surface area contributed by atoms with E-state index >= 15 is 0 Å². The van der Waals surface area contributed by atoms with Crippen molar-refractivity contribution in [2.75, 3.05) is 24.0 Å². The van der Waals surface area contributed by atoms with Crippen molar-refractivity contribution < 1.29 is 19.1 Å². The van der Waals surface area contributed by atoms with Crippen LogP contribution in [0.1, 0.15) is 37.5 Å². The van der Waals surface area contributed by atoms with Crippen LogP contribution in [0.2, 0.25) is 0 Å². The molecule has 0 saturated heterocycles. The Morgan fingerprint density at radius 3 is 2.50 bits per heavy atom. The van der Waals surface area contributed by atoms with Crippen LogP contribution in [0.3, 0.4) is 0 Å². The molecule has 2 aliphatic rings. The molecule has 0 bridgehead atoms. The van der Waals surface area contributed by atoms with E-state index in [0.29, 0.717) is 40.5 Å². The van der Waals surface area contributed by atoms with Gasteiger partial charge in [0.15, 0.2) is 11.5 Å². The average molecular weight is 557 g/mol. The maximum atomic E-state index is 14.1. The maximum absolute atomic E-state index is 14.1. The summed E-state index contributed by atoms with van der Waals surface area (Å²) in [7, 11) is 0. The molecule has 0 spiro atoms. The van der Waals surface area contributed by atoms with Crippen molar-refractivity contribution in [3.8, 4) is 11.5 Å². The van der Waals surface area contributed by atoms with Gasteiger partial charge in [-0.25, -0.2) is 0 Å². The van der Waals surface area contributed by atoms with Crippen LogP contribution in [-0.4, -0.2) is 35.0 Å². The van der Waals surface area contributed by atoms with Crippen molar-refractivity contribution in [1.82, 2.24) is 9.88 Å². The van der Waals surface area contributed by atoms with Crippen molar-refractivity contribution in [2.24, 2.45) is 0 Å². The van der Waals surface area contributed by atoms with Gasteiger partial charge in [0.25, 0.3) is 11.8 Å². The zero-order chi connectivity index (χ0) is 28.5. The van der Waals surface area contributed by atoms with E-state index in [1.807, 2.05) is 42.5 Å². The Labute approximate surface area is 242 Å². The SMILES string of the molecule is O=C(Nc1ccc2c(c1)OCO2)c1ccccc1NC(=O)c1c2c(nc3ccccc13)CCN(Cc1ccccc1)C2. The summed E-state index contributed by atoms with van der Waals surface area (Å²) in [5, 5.41) is 6.75. The van der Waals surface area contributed by atoms with E-state index in [0.717, 1.165) is 41.7 Å². The van der Waals surface area contributed by atoms with Crippen LogP contribution < -0.4 is 20.1 Å². The predicted octanol–water partition coefficient (Wildman–Crippen LogP) is 6.03. The molecule has 208 valence electrons. The molecule has 1 aromatic heterocycles. The molecule has 4 aromatic carbocycles. The van der Waals surface area contributed by atoms with Gasteiger partial charge in [-0.3, -0.25) is 19.5 Å². The summed E-state index contributed by atoms with van der Waals surface area (Å²) in [5.74, 6) is 0.594. The van der Waals surface area contributed by atoms with E-state index in [-0.39, 0.29) is 18.6 Å². The Morgan fingerprint density at radius 1 is 0.810 bits per heavy atom. The first-order valence-corrected chi connectivity index (χ1v) is 13.9. The number of nitrogens with zero attached hydrogens (tertiary/aromatic N) is 2. The second-order valence-electron chi connectivity index (χ2n) is 10.4. The van der Waals surface area contributed by atoms with Gasteiger partial charge in [0.1, 0.15) is 0 Å². The Kier molecular flexibility index (Phi) is 6.73. The number of hydrogen-bond acceptors (Lipinski definition) is 6. The van der Waals surface area contributed by atoms with Crippen molar-refractivity contribution in [3.63, 3.8) is 0 Å². The van der Waals surface area contributed by atoms with Gasteiger partial charge in [0, 0.05) is 54.5 Å². The van der Waals surface area contributed by atoms with Crippen molar-refractivity contribution in [3.05, 3.63) is 125 Å². The molecule has 2 amide bonds. The molecule has 0 fully saturated rings. The standard InChI is InChI=1S/C34H28N4O4/c39-33(35-23-14-15-30-31(18-23)42-21-41-30)25-11-5-7-13-28(25)37-34(40)32-24-10-4-6-12-27(24)36-29-16-17-38(20-26(29)32)19-22-8-2-1-3-9-22/h1-15,18H,16-17,19-21H2,(H,35,39)(H,37,40). The molecule has 0 saturated carbocycles. The van der Waals surface area contributed by atoms with Crippen LogP contribution in [0.4, 0.5) is 11.4 Å². The molecule has 2 N–H and O–H groups in total. The maximum Gasteiger partial charge on any atom is 0.257 e. The number of nitrogens with one attached hydrogen (secondary N) is 2. The fourth-order valence-electron chi connectivity index (χ4n) is 5.63. The number of anilines is 2. The molecule has 7 rings (SSSR count). The molecule has 2 aliphatic heterocycles. The van der Waals surface area contributed by atoms with Gasteiger partial charge < -0.3 is 20.1 Å². The molecule has 8 nitrogen and oxygen atoms in total. The highest BCUT2D eigenvalue weighted by Gasteiger charge is 2.27. The lowest BCUT2D eigenvalue weighted by molar-refractivity contribution is 0.102. The number of fused-ring (bicyclic) bond motifs is 3. The number of amides is 2. The molecule has 42 heavy (non-hydrogen) atoms. The van der Waals surface area contributed by atoms with Crippen LogP contribution in [0.25, 0.3) is 10.9 Å².